The third-order valence-corrected chi connectivity index (χ3v) is 7.03. The Morgan fingerprint density at radius 2 is 1.87 bits per heavy atom. The third kappa shape index (κ3) is 4.57. The van der Waals surface area contributed by atoms with Crippen LogP contribution < -0.4 is 5.32 Å². The minimum Gasteiger partial charge on any atom is -0.325 e. The lowest BCUT2D eigenvalue weighted by Crippen LogP contribution is -2.15. The number of nitrogens with zero attached hydrogens (tertiary/aromatic N) is 3. The summed E-state index contributed by atoms with van der Waals surface area (Å²) in [4.78, 5) is 13.7. The molecule has 7 heteroatoms. The van der Waals surface area contributed by atoms with Gasteiger partial charge in [0.15, 0.2) is 11.0 Å². The predicted molar refractivity (Wildman–Crippen MR) is 130 cm³/mol. The first-order chi connectivity index (χ1) is 14.9. The lowest BCUT2D eigenvalue weighted by Gasteiger charge is -2.09. The maximum Gasteiger partial charge on any atom is 0.234 e. The molecule has 0 saturated heterocycles. The fourth-order valence-electron chi connectivity index (χ4n) is 3.53. The van der Waals surface area contributed by atoms with E-state index in [2.05, 4.69) is 46.0 Å². The van der Waals surface area contributed by atoms with Crippen LogP contribution in [-0.4, -0.2) is 26.4 Å². The van der Waals surface area contributed by atoms with Gasteiger partial charge in [-0.2, -0.15) is 0 Å². The van der Waals surface area contributed by atoms with Crippen molar-refractivity contribution < 1.29 is 4.79 Å². The molecule has 0 aliphatic heterocycles. The Bertz CT molecular complexity index is 1230. The van der Waals surface area contributed by atoms with Crippen molar-refractivity contribution in [3.05, 3.63) is 69.9 Å². The maximum atomic E-state index is 12.5. The minimum atomic E-state index is -0.0575. The number of aryl methyl sites for hydroxylation is 3. The molecule has 0 bridgehead atoms. The molecule has 0 saturated carbocycles. The van der Waals surface area contributed by atoms with E-state index < -0.39 is 0 Å². The zero-order chi connectivity index (χ0) is 22.0. The number of nitrogens with one attached hydrogen (secondary N) is 1. The molecule has 4 aromatic rings. The number of carbonyl (C=O) groups excluding carboxylic acids is 1. The summed E-state index contributed by atoms with van der Waals surface area (Å²) in [5, 5.41) is 14.6. The van der Waals surface area contributed by atoms with Crippen molar-refractivity contribution in [2.75, 3.05) is 11.1 Å². The Morgan fingerprint density at radius 1 is 1.10 bits per heavy atom. The van der Waals surface area contributed by atoms with Crippen LogP contribution in [0.2, 0.25) is 0 Å². The second kappa shape index (κ2) is 9.08. The highest BCUT2D eigenvalue weighted by Gasteiger charge is 2.19. The Kier molecular flexibility index (Phi) is 6.25. The van der Waals surface area contributed by atoms with Crippen LogP contribution in [0, 0.1) is 20.8 Å². The van der Waals surface area contributed by atoms with E-state index in [0.29, 0.717) is 5.16 Å². The molecular formula is C24H24N4OS2. The molecule has 2 aromatic heterocycles. The van der Waals surface area contributed by atoms with Crippen molar-refractivity contribution in [3.8, 4) is 22.5 Å². The summed E-state index contributed by atoms with van der Waals surface area (Å²) in [6.07, 6.45) is 0. The quantitative estimate of drug-likeness (QED) is 0.375. The van der Waals surface area contributed by atoms with Crippen molar-refractivity contribution >= 4 is 34.7 Å². The highest BCUT2D eigenvalue weighted by atomic mass is 32.2. The molecule has 2 heterocycles. The standard InChI is InChI=1S/C24H24N4OS2/c1-15-10-11-20(16(2)12-15)25-21(29)14-31-24-27-26-23(28(24)4)19-13-30-17(3)22(19)18-8-6-5-7-9-18/h5-13H,14H2,1-4H3,(H,25,29). The molecular weight excluding hydrogens is 424 g/mol. The molecule has 0 aliphatic carbocycles. The maximum absolute atomic E-state index is 12.5. The topological polar surface area (TPSA) is 59.8 Å². The predicted octanol–water partition coefficient (Wildman–Crippen LogP) is 5.87. The molecule has 2 aromatic carbocycles. The zero-order valence-electron chi connectivity index (χ0n) is 18.0. The number of aromatic nitrogens is 3. The molecule has 0 aliphatic rings. The summed E-state index contributed by atoms with van der Waals surface area (Å²) in [6.45, 7) is 6.16. The van der Waals surface area contributed by atoms with Gasteiger partial charge in [0.1, 0.15) is 0 Å². The van der Waals surface area contributed by atoms with Gasteiger partial charge in [-0.15, -0.1) is 21.5 Å². The second-order valence-corrected chi connectivity index (χ2v) is 9.49. The van der Waals surface area contributed by atoms with Crippen LogP contribution in [0.15, 0.2) is 59.1 Å². The normalized spacial score (nSPS) is 11.0. The SMILES string of the molecule is Cc1ccc(NC(=O)CSc2nnc(-c3csc(C)c3-c3ccccc3)n2C)c(C)c1. The minimum absolute atomic E-state index is 0.0575. The van der Waals surface area contributed by atoms with Gasteiger partial charge in [-0.1, -0.05) is 59.8 Å². The first-order valence-electron chi connectivity index (χ1n) is 9.97. The van der Waals surface area contributed by atoms with Gasteiger partial charge >= 0.3 is 0 Å². The number of carbonyl (C=O) groups is 1. The molecule has 0 atom stereocenters. The summed E-state index contributed by atoms with van der Waals surface area (Å²) in [5.74, 6) is 1.02. The second-order valence-electron chi connectivity index (χ2n) is 7.47. The molecule has 1 amide bonds. The number of thioether (sulfide) groups is 1. The largest absolute Gasteiger partial charge is 0.325 e. The van der Waals surface area contributed by atoms with Crippen LogP contribution in [-0.2, 0) is 11.8 Å². The van der Waals surface area contributed by atoms with Crippen molar-refractivity contribution in [1.82, 2.24) is 14.8 Å². The first kappa shape index (κ1) is 21.3. The van der Waals surface area contributed by atoms with Crippen molar-refractivity contribution in [2.45, 2.75) is 25.9 Å². The van der Waals surface area contributed by atoms with Gasteiger partial charge < -0.3 is 9.88 Å². The van der Waals surface area contributed by atoms with Gasteiger partial charge in [0, 0.05) is 34.1 Å². The van der Waals surface area contributed by atoms with Gasteiger partial charge in [0.2, 0.25) is 5.91 Å². The zero-order valence-corrected chi connectivity index (χ0v) is 19.6. The summed E-state index contributed by atoms with van der Waals surface area (Å²) in [5.41, 5.74) is 6.49. The van der Waals surface area contributed by atoms with Crippen molar-refractivity contribution in [1.29, 1.82) is 0 Å². The highest BCUT2D eigenvalue weighted by Crippen LogP contribution is 2.38. The number of rotatable bonds is 6. The summed E-state index contributed by atoms with van der Waals surface area (Å²) < 4.78 is 1.96. The van der Waals surface area contributed by atoms with E-state index in [1.165, 1.54) is 33.3 Å². The van der Waals surface area contributed by atoms with Gasteiger partial charge in [-0.05, 0) is 38.0 Å². The van der Waals surface area contributed by atoms with Gasteiger partial charge in [-0.3, -0.25) is 4.79 Å². The lowest BCUT2D eigenvalue weighted by atomic mass is 10.0. The van der Waals surface area contributed by atoms with Crippen LogP contribution in [0.4, 0.5) is 5.69 Å². The van der Waals surface area contributed by atoms with E-state index in [9.17, 15) is 4.79 Å². The monoisotopic (exact) mass is 448 g/mol. The Labute approximate surface area is 190 Å². The van der Waals surface area contributed by atoms with Crippen LogP contribution >= 0.6 is 23.1 Å². The van der Waals surface area contributed by atoms with Crippen molar-refractivity contribution in [2.24, 2.45) is 7.05 Å². The fourth-order valence-corrected chi connectivity index (χ4v) is 5.10. The Morgan fingerprint density at radius 3 is 2.61 bits per heavy atom. The van der Waals surface area contributed by atoms with Crippen LogP contribution in [0.25, 0.3) is 22.5 Å². The number of hydrogen-bond donors (Lipinski definition) is 1. The summed E-state index contributed by atoms with van der Waals surface area (Å²) in [6, 6.07) is 16.3. The Hall–Kier alpha value is -2.90. The molecule has 5 nitrogen and oxygen atoms in total. The van der Waals surface area contributed by atoms with E-state index in [1.807, 2.05) is 55.8 Å². The van der Waals surface area contributed by atoms with E-state index in [4.69, 9.17) is 0 Å². The fraction of sp³-hybridized carbons (Fsp3) is 0.208. The number of thiophene rings is 1. The molecule has 4 rings (SSSR count). The molecule has 158 valence electrons. The van der Waals surface area contributed by atoms with E-state index >= 15 is 0 Å². The molecule has 0 fully saturated rings. The van der Waals surface area contributed by atoms with E-state index in [0.717, 1.165) is 22.6 Å². The van der Waals surface area contributed by atoms with E-state index in [-0.39, 0.29) is 11.7 Å². The van der Waals surface area contributed by atoms with Gasteiger partial charge in [0.25, 0.3) is 0 Å². The van der Waals surface area contributed by atoms with Gasteiger partial charge in [0.05, 0.1) is 5.75 Å². The van der Waals surface area contributed by atoms with Gasteiger partial charge in [-0.25, -0.2) is 0 Å². The molecule has 1 N–H and O–H groups in total. The van der Waals surface area contributed by atoms with Crippen LogP contribution in [0.5, 0.6) is 0 Å². The van der Waals surface area contributed by atoms with E-state index in [1.54, 1.807) is 11.3 Å². The number of anilines is 1. The summed E-state index contributed by atoms with van der Waals surface area (Å²) in [7, 11) is 1.95. The molecule has 0 unspecified atom stereocenters. The smallest absolute Gasteiger partial charge is 0.234 e. The Balaban J connectivity index is 1.50. The first-order valence-corrected chi connectivity index (χ1v) is 11.8. The average molecular weight is 449 g/mol. The molecule has 0 spiro atoms. The highest BCUT2D eigenvalue weighted by molar-refractivity contribution is 7.99. The molecule has 0 radical (unpaired) electrons. The van der Waals surface area contributed by atoms with Crippen LogP contribution in [0.1, 0.15) is 16.0 Å². The number of hydrogen-bond acceptors (Lipinski definition) is 5. The lowest BCUT2D eigenvalue weighted by molar-refractivity contribution is -0.113. The molecule has 31 heavy (non-hydrogen) atoms. The van der Waals surface area contributed by atoms with Crippen molar-refractivity contribution in [3.63, 3.8) is 0 Å². The summed E-state index contributed by atoms with van der Waals surface area (Å²) >= 11 is 3.10. The number of benzene rings is 2. The third-order valence-electron chi connectivity index (χ3n) is 5.10. The van der Waals surface area contributed by atoms with Crippen LogP contribution in [0.3, 0.4) is 0 Å². The average Bonchev–Trinajstić information content (AvgIpc) is 3.31. The number of amides is 1.